The summed E-state index contributed by atoms with van der Waals surface area (Å²) in [4.78, 5) is 28.4. The van der Waals surface area contributed by atoms with Gasteiger partial charge in [-0.05, 0) is 87.7 Å². The summed E-state index contributed by atoms with van der Waals surface area (Å²) in [6.07, 6.45) is 5.42. The van der Waals surface area contributed by atoms with Crippen molar-refractivity contribution in [3.05, 3.63) is 101 Å². The number of amides is 2. The van der Waals surface area contributed by atoms with E-state index >= 15 is 0 Å². The summed E-state index contributed by atoms with van der Waals surface area (Å²) < 4.78 is 15.5. The number of carbonyl (C=O) groups is 2. The SMILES string of the molecule is CCOC(=O)c1cccc(-n2nc(C(C)(C)C)cc2NC(=O)N[C@H]2CC[C@@H](Oc3ccc4nnc(C5CCCN5C)n4c3)c3ccccc32)c1. The third kappa shape index (κ3) is 6.67. The Labute approximate surface area is 291 Å². The van der Waals surface area contributed by atoms with Crippen LogP contribution in [0.4, 0.5) is 10.6 Å². The number of pyridine rings is 1. The highest BCUT2D eigenvalue weighted by molar-refractivity contribution is 5.91. The van der Waals surface area contributed by atoms with Crippen LogP contribution in [0.5, 0.6) is 5.75 Å². The lowest BCUT2D eigenvalue weighted by molar-refractivity contribution is 0.0526. The Hall–Kier alpha value is -5.23. The molecule has 1 aliphatic carbocycles. The summed E-state index contributed by atoms with van der Waals surface area (Å²) in [7, 11) is 2.13. The van der Waals surface area contributed by atoms with Crippen LogP contribution in [0.3, 0.4) is 0 Å². The van der Waals surface area contributed by atoms with Gasteiger partial charge in [-0.2, -0.15) is 5.10 Å². The zero-order valence-corrected chi connectivity index (χ0v) is 29.2. The number of benzene rings is 2. The molecule has 0 bridgehead atoms. The summed E-state index contributed by atoms with van der Waals surface area (Å²) in [5.74, 6) is 1.76. The number of esters is 1. The van der Waals surface area contributed by atoms with E-state index in [0.717, 1.165) is 53.4 Å². The Kier molecular flexibility index (Phi) is 9.04. The third-order valence-electron chi connectivity index (χ3n) is 9.56. The number of hydrogen-bond acceptors (Lipinski definition) is 8. The van der Waals surface area contributed by atoms with Gasteiger partial charge in [-0.3, -0.25) is 14.6 Å². The average molecular weight is 677 g/mol. The number of rotatable bonds is 8. The fraction of sp³-hybridized carbons (Fsp3) is 0.395. The molecule has 260 valence electrons. The van der Waals surface area contributed by atoms with Gasteiger partial charge in [-0.25, -0.2) is 14.3 Å². The molecule has 2 amide bonds. The topological polar surface area (TPSA) is 128 Å². The maximum absolute atomic E-state index is 13.6. The maximum atomic E-state index is 13.6. The van der Waals surface area contributed by atoms with Crippen LogP contribution >= 0.6 is 0 Å². The van der Waals surface area contributed by atoms with Gasteiger partial charge in [0.25, 0.3) is 0 Å². The molecule has 2 aromatic carbocycles. The lowest BCUT2D eigenvalue weighted by atomic mass is 9.85. The Bertz CT molecular complexity index is 2030. The van der Waals surface area contributed by atoms with Gasteiger partial charge in [0.2, 0.25) is 0 Å². The minimum atomic E-state index is -0.413. The van der Waals surface area contributed by atoms with Crippen molar-refractivity contribution in [2.24, 2.45) is 0 Å². The molecule has 1 fully saturated rings. The second-order valence-electron chi connectivity index (χ2n) is 14.1. The minimum absolute atomic E-state index is 0.179. The Morgan fingerprint density at radius 1 is 0.960 bits per heavy atom. The number of hydrogen-bond donors (Lipinski definition) is 2. The molecule has 50 heavy (non-hydrogen) atoms. The number of carbonyl (C=O) groups excluding carboxylic acids is 2. The second kappa shape index (κ2) is 13.6. The van der Waals surface area contributed by atoms with Crippen molar-refractivity contribution < 1.29 is 19.1 Å². The predicted molar refractivity (Wildman–Crippen MR) is 190 cm³/mol. The molecule has 1 saturated heterocycles. The van der Waals surface area contributed by atoms with Crippen LogP contribution in [0, 0.1) is 0 Å². The average Bonchev–Trinajstić information content (AvgIpc) is 3.84. The zero-order chi connectivity index (χ0) is 35.0. The largest absolute Gasteiger partial charge is 0.484 e. The number of ether oxygens (including phenoxy) is 2. The minimum Gasteiger partial charge on any atom is -0.484 e. The van der Waals surface area contributed by atoms with Crippen molar-refractivity contribution in [2.45, 2.75) is 77.0 Å². The predicted octanol–water partition coefficient (Wildman–Crippen LogP) is 6.93. The van der Waals surface area contributed by atoms with Crippen LogP contribution in [0.15, 0.2) is 72.9 Å². The van der Waals surface area contributed by atoms with E-state index in [1.807, 2.05) is 47.0 Å². The van der Waals surface area contributed by atoms with Gasteiger partial charge in [0, 0.05) is 11.5 Å². The quantitative estimate of drug-likeness (QED) is 0.169. The molecular weight excluding hydrogens is 632 g/mol. The Morgan fingerprint density at radius 3 is 2.54 bits per heavy atom. The fourth-order valence-corrected chi connectivity index (χ4v) is 6.93. The van der Waals surface area contributed by atoms with Gasteiger partial charge >= 0.3 is 12.0 Å². The van der Waals surface area contributed by atoms with E-state index in [-0.39, 0.29) is 36.2 Å². The Morgan fingerprint density at radius 2 is 1.78 bits per heavy atom. The highest BCUT2D eigenvalue weighted by Crippen LogP contribution is 2.39. The van der Waals surface area contributed by atoms with Crippen molar-refractivity contribution in [2.75, 3.05) is 25.5 Å². The van der Waals surface area contributed by atoms with E-state index in [1.165, 1.54) is 0 Å². The van der Waals surface area contributed by atoms with Crippen molar-refractivity contribution in [3.63, 3.8) is 0 Å². The second-order valence-corrected chi connectivity index (χ2v) is 14.1. The van der Waals surface area contributed by atoms with Crippen molar-refractivity contribution in [3.8, 4) is 11.4 Å². The van der Waals surface area contributed by atoms with Crippen LogP contribution in [-0.4, -0.2) is 61.5 Å². The van der Waals surface area contributed by atoms with E-state index in [0.29, 0.717) is 29.9 Å². The summed E-state index contributed by atoms with van der Waals surface area (Å²) in [5.41, 5.74) is 4.42. The van der Waals surface area contributed by atoms with Gasteiger partial charge in [0.1, 0.15) is 17.7 Å². The number of fused-ring (bicyclic) bond motifs is 2. The number of anilines is 1. The molecule has 4 heterocycles. The zero-order valence-electron chi connectivity index (χ0n) is 29.2. The van der Waals surface area contributed by atoms with Gasteiger partial charge in [-0.15, -0.1) is 10.2 Å². The molecule has 2 N–H and O–H groups in total. The molecule has 3 aromatic heterocycles. The summed E-state index contributed by atoms with van der Waals surface area (Å²) in [6.45, 7) is 9.29. The lowest BCUT2D eigenvalue weighted by Crippen LogP contribution is -2.36. The van der Waals surface area contributed by atoms with Crippen LogP contribution < -0.4 is 15.4 Å². The van der Waals surface area contributed by atoms with E-state index in [1.54, 1.807) is 29.8 Å². The van der Waals surface area contributed by atoms with Gasteiger partial charge in [0.15, 0.2) is 11.5 Å². The first-order valence-electron chi connectivity index (χ1n) is 17.3. The molecule has 0 radical (unpaired) electrons. The van der Waals surface area contributed by atoms with E-state index in [2.05, 4.69) is 65.7 Å². The first kappa shape index (κ1) is 33.3. The van der Waals surface area contributed by atoms with Crippen molar-refractivity contribution in [1.29, 1.82) is 0 Å². The number of likely N-dealkylation sites (tertiary alicyclic amines) is 1. The van der Waals surface area contributed by atoms with Crippen LogP contribution in [0.25, 0.3) is 11.3 Å². The standard InChI is InChI=1S/C38H44N8O4/c1-6-49-36(47)24-11-9-12-25(21-24)46-34(22-32(43-46)38(2,3)4)40-37(48)39-29-17-18-31(28-14-8-7-13-27(28)29)50-26-16-19-33-41-42-35(45(33)23-26)30-15-10-20-44(30)5/h7-9,11-14,16,19,21-23,29-31H,6,10,15,17-18,20H2,1-5H3,(H2,39,40,48)/t29-,30?,31+/m0/s1. The molecule has 2 aliphatic rings. The lowest BCUT2D eigenvalue weighted by Gasteiger charge is -2.32. The number of nitrogens with one attached hydrogen (secondary N) is 2. The summed E-state index contributed by atoms with van der Waals surface area (Å²) in [5, 5.41) is 20.0. The molecule has 12 heteroatoms. The smallest absolute Gasteiger partial charge is 0.338 e. The first-order valence-corrected chi connectivity index (χ1v) is 17.3. The normalized spacial score (nSPS) is 19.3. The van der Waals surface area contributed by atoms with Gasteiger partial charge in [0.05, 0.1) is 41.8 Å². The van der Waals surface area contributed by atoms with Crippen molar-refractivity contribution in [1.82, 2.24) is 34.6 Å². The van der Waals surface area contributed by atoms with Gasteiger partial charge in [-0.1, -0.05) is 51.1 Å². The summed E-state index contributed by atoms with van der Waals surface area (Å²) >= 11 is 0. The van der Waals surface area contributed by atoms with Gasteiger partial charge < -0.3 is 14.8 Å². The van der Waals surface area contributed by atoms with E-state index < -0.39 is 5.97 Å². The first-order chi connectivity index (χ1) is 24.1. The number of nitrogens with zero attached hydrogens (tertiary/aromatic N) is 6. The summed E-state index contributed by atoms with van der Waals surface area (Å²) in [6, 6.07) is 20.6. The molecule has 1 aliphatic heterocycles. The molecule has 7 rings (SSSR count). The molecule has 3 atom stereocenters. The molecule has 0 spiro atoms. The van der Waals surface area contributed by atoms with Crippen molar-refractivity contribution >= 4 is 23.5 Å². The Balaban J connectivity index is 1.09. The fourth-order valence-electron chi connectivity index (χ4n) is 6.93. The number of urea groups is 1. The monoisotopic (exact) mass is 676 g/mol. The van der Waals surface area contributed by atoms with Crippen LogP contribution in [0.1, 0.15) is 105 Å². The highest BCUT2D eigenvalue weighted by atomic mass is 16.5. The maximum Gasteiger partial charge on any atom is 0.338 e. The molecule has 5 aromatic rings. The molecule has 0 saturated carbocycles. The van der Waals surface area contributed by atoms with E-state index in [4.69, 9.17) is 14.6 Å². The molecule has 1 unspecified atom stereocenters. The number of aromatic nitrogens is 5. The van der Waals surface area contributed by atoms with E-state index in [9.17, 15) is 9.59 Å². The van der Waals surface area contributed by atoms with Crippen LogP contribution in [0.2, 0.25) is 0 Å². The van der Waals surface area contributed by atoms with Crippen LogP contribution in [-0.2, 0) is 10.2 Å². The molecule has 12 nitrogen and oxygen atoms in total. The molecular formula is C38H44N8O4. The third-order valence-corrected chi connectivity index (χ3v) is 9.56. The highest BCUT2D eigenvalue weighted by Gasteiger charge is 2.31.